The molecule has 8 rings (SSSR count). The zero-order chi connectivity index (χ0) is 24.3. The van der Waals surface area contributed by atoms with Crippen molar-refractivity contribution in [2.45, 2.75) is 0 Å². The van der Waals surface area contributed by atoms with Gasteiger partial charge in [-0.05, 0) is 67.7 Å². The maximum Gasteiger partial charge on any atom is 0.145 e. The lowest BCUT2D eigenvalue weighted by Crippen LogP contribution is -1.97. The molecule has 2 nitrogen and oxygen atoms in total. The number of imidazole rings is 1. The second-order valence-corrected chi connectivity index (χ2v) is 9.64. The van der Waals surface area contributed by atoms with Crippen LogP contribution in [0.3, 0.4) is 0 Å². The molecule has 0 bridgehead atoms. The fourth-order valence-corrected chi connectivity index (χ4v) is 5.84. The van der Waals surface area contributed by atoms with Crippen LogP contribution in [0.15, 0.2) is 133 Å². The van der Waals surface area contributed by atoms with Crippen molar-refractivity contribution in [2.24, 2.45) is 0 Å². The van der Waals surface area contributed by atoms with Crippen molar-refractivity contribution in [1.29, 1.82) is 0 Å². The van der Waals surface area contributed by atoms with Gasteiger partial charge in [-0.25, -0.2) is 4.98 Å². The van der Waals surface area contributed by atoms with E-state index in [1.54, 1.807) is 0 Å². The van der Waals surface area contributed by atoms with Crippen LogP contribution in [0.2, 0.25) is 0 Å². The predicted octanol–water partition coefficient (Wildman–Crippen LogP) is 9.26. The molecular formula is C35H22N2. The average molecular weight is 471 g/mol. The summed E-state index contributed by atoms with van der Waals surface area (Å²) < 4.78 is 2.25. The highest BCUT2D eigenvalue weighted by Gasteiger charge is 2.15. The fourth-order valence-electron chi connectivity index (χ4n) is 5.84. The predicted molar refractivity (Wildman–Crippen MR) is 156 cm³/mol. The quantitative estimate of drug-likeness (QED) is 0.235. The van der Waals surface area contributed by atoms with Crippen molar-refractivity contribution in [3.63, 3.8) is 0 Å². The number of hydrogen-bond acceptors (Lipinski definition) is 1. The van der Waals surface area contributed by atoms with Crippen molar-refractivity contribution in [2.75, 3.05) is 0 Å². The highest BCUT2D eigenvalue weighted by atomic mass is 15.1. The van der Waals surface area contributed by atoms with Crippen LogP contribution in [0.1, 0.15) is 0 Å². The molecule has 1 aromatic heterocycles. The van der Waals surface area contributed by atoms with Crippen molar-refractivity contribution < 1.29 is 0 Å². The molecule has 0 amide bonds. The zero-order valence-electron chi connectivity index (χ0n) is 20.1. The first-order chi connectivity index (χ1) is 18.3. The summed E-state index contributed by atoms with van der Waals surface area (Å²) in [6, 6.07) is 47.8. The van der Waals surface area contributed by atoms with Gasteiger partial charge in [-0.1, -0.05) is 109 Å². The molecule has 0 saturated heterocycles. The number of hydrogen-bond donors (Lipinski definition) is 0. The smallest absolute Gasteiger partial charge is 0.145 e. The van der Waals surface area contributed by atoms with E-state index in [4.69, 9.17) is 4.98 Å². The first kappa shape index (κ1) is 20.3. The first-order valence-electron chi connectivity index (χ1n) is 12.7. The van der Waals surface area contributed by atoms with Gasteiger partial charge in [0.15, 0.2) is 0 Å². The van der Waals surface area contributed by atoms with E-state index < -0.39 is 0 Å². The Morgan fingerprint density at radius 1 is 0.459 bits per heavy atom. The van der Waals surface area contributed by atoms with Crippen LogP contribution in [0, 0.1) is 0 Å². The third-order valence-electron chi connectivity index (χ3n) is 7.56. The van der Waals surface area contributed by atoms with Crippen LogP contribution < -0.4 is 0 Å². The van der Waals surface area contributed by atoms with Crippen molar-refractivity contribution >= 4 is 43.4 Å². The van der Waals surface area contributed by atoms with Crippen LogP contribution in [0.25, 0.3) is 71.6 Å². The standard InChI is InChI=1S/C35H22N2/c1-2-9-28(10-3-1)37-32-12-5-4-11-31(32)36-35(37)27-17-13-23(14-18-27)29-21-19-26-16-15-24-7-6-8-25-20-22-30(29)34(26)33(24)25/h1-22H. The summed E-state index contributed by atoms with van der Waals surface area (Å²) >= 11 is 0. The third-order valence-corrected chi connectivity index (χ3v) is 7.56. The van der Waals surface area contributed by atoms with Gasteiger partial charge in [0.1, 0.15) is 5.82 Å². The lowest BCUT2D eigenvalue weighted by Gasteiger charge is -2.14. The minimum absolute atomic E-state index is 0.953. The summed E-state index contributed by atoms with van der Waals surface area (Å²) in [4.78, 5) is 5.03. The van der Waals surface area contributed by atoms with Gasteiger partial charge >= 0.3 is 0 Å². The monoisotopic (exact) mass is 470 g/mol. The Bertz CT molecular complexity index is 2050. The first-order valence-corrected chi connectivity index (χ1v) is 12.7. The lowest BCUT2D eigenvalue weighted by atomic mass is 9.90. The molecule has 0 unspecified atom stereocenters. The molecule has 7 aromatic carbocycles. The molecule has 0 atom stereocenters. The van der Waals surface area contributed by atoms with E-state index in [1.807, 2.05) is 12.1 Å². The average Bonchev–Trinajstić information content (AvgIpc) is 3.36. The second kappa shape index (κ2) is 7.78. The van der Waals surface area contributed by atoms with Crippen LogP contribution >= 0.6 is 0 Å². The Balaban J connectivity index is 1.30. The molecule has 37 heavy (non-hydrogen) atoms. The molecule has 0 aliphatic heterocycles. The van der Waals surface area contributed by atoms with E-state index in [9.17, 15) is 0 Å². The molecule has 0 radical (unpaired) electrons. The summed E-state index contributed by atoms with van der Waals surface area (Å²) in [6.45, 7) is 0. The van der Waals surface area contributed by atoms with Gasteiger partial charge in [0.05, 0.1) is 11.0 Å². The number of rotatable bonds is 3. The maximum absolute atomic E-state index is 5.03. The summed E-state index contributed by atoms with van der Waals surface area (Å²) in [5.74, 6) is 0.953. The summed E-state index contributed by atoms with van der Waals surface area (Å²) in [7, 11) is 0. The zero-order valence-corrected chi connectivity index (χ0v) is 20.1. The number of nitrogens with zero attached hydrogens (tertiary/aromatic N) is 2. The molecule has 1 heterocycles. The van der Waals surface area contributed by atoms with E-state index in [0.717, 1.165) is 28.1 Å². The summed E-state index contributed by atoms with van der Waals surface area (Å²) in [5.41, 5.74) is 6.79. The maximum atomic E-state index is 5.03. The van der Waals surface area contributed by atoms with Crippen LogP contribution in [-0.2, 0) is 0 Å². The molecule has 0 spiro atoms. The van der Waals surface area contributed by atoms with Crippen molar-refractivity contribution in [3.05, 3.63) is 133 Å². The second-order valence-electron chi connectivity index (χ2n) is 9.64. The molecular weight excluding hydrogens is 448 g/mol. The summed E-state index contributed by atoms with van der Waals surface area (Å²) in [5, 5.41) is 7.88. The molecule has 172 valence electrons. The number of benzene rings is 7. The topological polar surface area (TPSA) is 17.8 Å². The van der Waals surface area contributed by atoms with Gasteiger partial charge in [-0.15, -0.1) is 0 Å². The van der Waals surface area contributed by atoms with Gasteiger partial charge in [0, 0.05) is 11.3 Å². The largest absolute Gasteiger partial charge is 0.292 e. The van der Waals surface area contributed by atoms with E-state index in [-0.39, 0.29) is 0 Å². The van der Waals surface area contributed by atoms with Crippen molar-refractivity contribution in [3.8, 4) is 28.2 Å². The third kappa shape index (κ3) is 3.03. The highest BCUT2D eigenvalue weighted by Crippen LogP contribution is 2.39. The van der Waals surface area contributed by atoms with E-state index in [1.165, 1.54) is 43.4 Å². The van der Waals surface area contributed by atoms with E-state index in [0.29, 0.717) is 0 Å². The van der Waals surface area contributed by atoms with Crippen LogP contribution in [-0.4, -0.2) is 9.55 Å². The van der Waals surface area contributed by atoms with E-state index >= 15 is 0 Å². The minimum atomic E-state index is 0.953. The molecule has 0 aliphatic carbocycles. The van der Waals surface area contributed by atoms with Gasteiger partial charge in [0.25, 0.3) is 0 Å². The van der Waals surface area contributed by atoms with Gasteiger partial charge in [-0.2, -0.15) is 0 Å². The Hall–Kier alpha value is -4.95. The van der Waals surface area contributed by atoms with Gasteiger partial charge in [0.2, 0.25) is 0 Å². The lowest BCUT2D eigenvalue weighted by molar-refractivity contribution is 1.10. The number of para-hydroxylation sites is 3. The molecule has 8 aromatic rings. The Labute approximate surface area is 214 Å². The Morgan fingerprint density at radius 2 is 1.11 bits per heavy atom. The molecule has 0 fully saturated rings. The van der Waals surface area contributed by atoms with Gasteiger partial charge in [-0.3, -0.25) is 4.57 Å². The Kier molecular flexibility index (Phi) is 4.26. The van der Waals surface area contributed by atoms with Crippen molar-refractivity contribution in [1.82, 2.24) is 9.55 Å². The SMILES string of the molecule is c1ccc(-n2c(-c3ccc(-c4ccc5ccc6cccc7ccc4c5c67)cc3)nc3ccccc32)cc1. The normalized spacial score (nSPS) is 11.8. The summed E-state index contributed by atoms with van der Waals surface area (Å²) in [6.07, 6.45) is 0. The van der Waals surface area contributed by atoms with E-state index in [2.05, 4.69) is 126 Å². The van der Waals surface area contributed by atoms with Crippen LogP contribution in [0.4, 0.5) is 0 Å². The highest BCUT2D eigenvalue weighted by molar-refractivity contribution is 6.25. The molecule has 0 N–H and O–H groups in total. The molecule has 2 heteroatoms. The number of aromatic nitrogens is 2. The number of fused-ring (bicyclic) bond motifs is 1. The minimum Gasteiger partial charge on any atom is -0.292 e. The molecule has 0 aliphatic rings. The fraction of sp³-hybridized carbons (Fsp3) is 0. The Morgan fingerprint density at radius 3 is 1.92 bits per heavy atom. The van der Waals surface area contributed by atoms with Gasteiger partial charge < -0.3 is 0 Å². The van der Waals surface area contributed by atoms with Crippen LogP contribution in [0.5, 0.6) is 0 Å². The molecule has 0 saturated carbocycles.